The highest BCUT2D eigenvalue weighted by Crippen LogP contribution is 2.32. The number of rotatable bonds is 18. The quantitative estimate of drug-likeness (QED) is 0.134. The molecular weight excluding hydrogens is 462 g/mol. The van der Waals surface area contributed by atoms with E-state index in [0.29, 0.717) is 5.92 Å². The van der Waals surface area contributed by atoms with E-state index in [4.69, 9.17) is 0 Å². The summed E-state index contributed by atoms with van der Waals surface area (Å²) in [6.45, 7) is 14.2. The number of unbranched alkanes of at least 4 members (excludes halogenated alkanes) is 10. The van der Waals surface area contributed by atoms with Crippen LogP contribution in [0.15, 0.2) is 42.5 Å². The number of hydrogen-bond donors (Lipinski definition) is 1. The minimum Gasteiger partial charge on any atom is -0.387 e. The molecule has 0 fully saturated rings. The zero-order valence-corrected chi connectivity index (χ0v) is 25.2. The lowest BCUT2D eigenvalue weighted by molar-refractivity contribution is 0.110. The molecule has 0 heterocycles. The average Bonchev–Trinajstić information content (AvgIpc) is 2.91. The molecule has 2 nitrogen and oxygen atoms in total. The summed E-state index contributed by atoms with van der Waals surface area (Å²) in [5.74, 6) is 0.522. The molecule has 1 unspecified atom stereocenters. The molecule has 38 heavy (non-hydrogen) atoms. The van der Waals surface area contributed by atoms with Crippen LogP contribution in [0.1, 0.15) is 133 Å². The molecular formula is C36H55NO. The molecule has 0 amide bonds. The smallest absolute Gasteiger partial charge is 0.0917 e. The first-order valence-electron chi connectivity index (χ1n) is 15.8. The summed E-state index contributed by atoms with van der Waals surface area (Å²) < 4.78 is 0. The van der Waals surface area contributed by atoms with Crippen LogP contribution in [-0.4, -0.2) is 29.6 Å². The molecule has 0 radical (unpaired) electrons. The van der Waals surface area contributed by atoms with Crippen LogP contribution in [0.5, 0.6) is 0 Å². The van der Waals surface area contributed by atoms with Gasteiger partial charge in [0.2, 0.25) is 0 Å². The minimum atomic E-state index is -0.455. The summed E-state index contributed by atoms with van der Waals surface area (Å²) in [5.41, 5.74) is 3.70. The first-order valence-corrected chi connectivity index (χ1v) is 15.8. The van der Waals surface area contributed by atoms with Gasteiger partial charge in [0.25, 0.3) is 0 Å². The van der Waals surface area contributed by atoms with Gasteiger partial charge in [0.15, 0.2) is 0 Å². The van der Waals surface area contributed by atoms with Gasteiger partial charge in [-0.05, 0) is 83.1 Å². The molecule has 0 aliphatic rings. The van der Waals surface area contributed by atoms with Gasteiger partial charge in [0.1, 0.15) is 0 Å². The summed E-state index contributed by atoms with van der Waals surface area (Å²) in [6, 6.07) is 15.9. The third kappa shape index (κ3) is 9.09. The molecule has 3 rings (SSSR count). The van der Waals surface area contributed by atoms with Crippen molar-refractivity contribution in [3.8, 4) is 0 Å². The Kier molecular flexibility index (Phi) is 13.1. The molecule has 0 bridgehead atoms. The second-order valence-electron chi connectivity index (χ2n) is 12.0. The van der Waals surface area contributed by atoms with Gasteiger partial charge >= 0.3 is 0 Å². The number of benzene rings is 3. The Hall–Kier alpha value is -1.90. The van der Waals surface area contributed by atoms with Crippen LogP contribution in [-0.2, 0) is 0 Å². The number of aliphatic hydroxyl groups is 1. The summed E-state index contributed by atoms with van der Waals surface area (Å²) >= 11 is 0. The normalized spacial score (nSPS) is 12.8. The SMILES string of the molecule is CCCCCCCCN(CCCCCCCC)CC(O)c1cc(C)c2ccc3cc(C(C)C)ccc3c2c1. The van der Waals surface area contributed by atoms with Gasteiger partial charge in [0.05, 0.1) is 6.10 Å². The van der Waals surface area contributed by atoms with E-state index in [1.54, 1.807) is 0 Å². The number of nitrogens with zero attached hydrogens (tertiary/aromatic N) is 1. The van der Waals surface area contributed by atoms with Crippen LogP contribution in [0.25, 0.3) is 21.5 Å². The molecule has 1 N–H and O–H groups in total. The van der Waals surface area contributed by atoms with Gasteiger partial charge in [-0.15, -0.1) is 0 Å². The monoisotopic (exact) mass is 517 g/mol. The predicted molar refractivity (Wildman–Crippen MR) is 168 cm³/mol. The Bertz CT molecular complexity index is 1090. The molecule has 210 valence electrons. The van der Waals surface area contributed by atoms with Crippen LogP contribution in [0, 0.1) is 6.92 Å². The van der Waals surface area contributed by atoms with E-state index in [1.165, 1.54) is 110 Å². The maximum Gasteiger partial charge on any atom is 0.0917 e. The molecule has 3 aromatic carbocycles. The molecule has 0 saturated carbocycles. The zero-order chi connectivity index (χ0) is 27.3. The van der Waals surface area contributed by atoms with Crippen LogP contribution in [0.2, 0.25) is 0 Å². The van der Waals surface area contributed by atoms with Crippen molar-refractivity contribution in [1.29, 1.82) is 0 Å². The lowest BCUT2D eigenvalue weighted by Crippen LogP contribution is -2.31. The summed E-state index contributed by atoms with van der Waals surface area (Å²) in [7, 11) is 0. The fourth-order valence-corrected chi connectivity index (χ4v) is 5.84. The maximum atomic E-state index is 11.5. The van der Waals surface area contributed by atoms with Crippen molar-refractivity contribution in [1.82, 2.24) is 4.90 Å². The van der Waals surface area contributed by atoms with E-state index < -0.39 is 6.10 Å². The average molecular weight is 518 g/mol. The van der Waals surface area contributed by atoms with E-state index in [2.05, 4.69) is 82.0 Å². The number of fused-ring (bicyclic) bond motifs is 3. The van der Waals surface area contributed by atoms with E-state index in [9.17, 15) is 5.11 Å². The maximum absolute atomic E-state index is 11.5. The third-order valence-corrected chi connectivity index (χ3v) is 8.34. The lowest BCUT2D eigenvalue weighted by Gasteiger charge is -2.26. The van der Waals surface area contributed by atoms with Gasteiger partial charge in [-0.1, -0.05) is 128 Å². The third-order valence-electron chi connectivity index (χ3n) is 8.34. The van der Waals surface area contributed by atoms with E-state index in [0.717, 1.165) is 25.2 Å². The highest BCUT2D eigenvalue weighted by atomic mass is 16.3. The largest absolute Gasteiger partial charge is 0.387 e. The van der Waals surface area contributed by atoms with Crippen molar-refractivity contribution in [2.75, 3.05) is 19.6 Å². The van der Waals surface area contributed by atoms with Crippen molar-refractivity contribution in [3.63, 3.8) is 0 Å². The van der Waals surface area contributed by atoms with Crippen LogP contribution in [0.4, 0.5) is 0 Å². The van der Waals surface area contributed by atoms with Gasteiger partial charge in [0, 0.05) is 6.54 Å². The fraction of sp³-hybridized carbons (Fsp3) is 0.611. The van der Waals surface area contributed by atoms with Crippen LogP contribution >= 0.6 is 0 Å². The molecule has 2 heteroatoms. The van der Waals surface area contributed by atoms with Crippen molar-refractivity contribution in [2.24, 2.45) is 0 Å². The van der Waals surface area contributed by atoms with Crippen molar-refractivity contribution in [2.45, 2.75) is 124 Å². The van der Waals surface area contributed by atoms with Gasteiger partial charge in [-0.3, -0.25) is 0 Å². The molecule has 0 aromatic heterocycles. The molecule has 3 aromatic rings. The lowest BCUT2D eigenvalue weighted by atomic mass is 9.92. The number of aryl methyl sites for hydroxylation is 1. The second kappa shape index (κ2) is 16.3. The minimum absolute atomic E-state index is 0.455. The Morgan fingerprint density at radius 3 is 1.82 bits per heavy atom. The predicted octanol–water partition coefficient (Wildman–Crippen LogP) is 10.5. The van der Waals surface area contributed by atoms with Gasteiger partial charge in [-0.2, -0.15) is 0 Å². The summed E-state index contributed by atoms with van der Waals surface area (Å²) in [4.78, 5) is 2.54. The van der Waals surface area contributed by atoms with Crippen LogP contribution < -0.4 is 0 Å². The van der Waals surface area contributed by atoms with E-state index >= 15 is 0 Å². The zero-order valence-electron chi connectivity index (χ0n) is 25.2. The van der Waals surface area contributed by atoms with Gasteiger partial charge in [-0.25, -0.2) is 0 Å². The number of aliphatic hydroxyl groups excluding tert-OH is 1. The standard InChI is InChI=1S/C36H55NO/c1-6-8-10-12-14-16-22-37(23-17-15-13-11-9-7-2)27-36(38)32-24-29(5)33-20-19-31-25-30(28(3)4)18-21-34(31)35(33)26-32/h18-21,24-26,28,36,38H,6-17,22-23,27H2,1-5H3. The molecule has 0 aliphatic carbocycles. The summed E-state index contributed by atoms with van der Waals surface area (Å²) in [6.07, 6.45) is 15.4. The Balaban J connectivity index is 1.73. The topological polar surface area (TPSA) is 23.5 Å². The first kappa shape index (κ1) is 30.6. The highest BCUT2D eigenvalue weighted by molar-refractivity contribution is 6.08. The van der Waals surface area contributed by atoms with Crippen molar-refractivity contribution < 1.29 is 5.11 Å². The second-order valence-corrected chi connectivity index (χ2v) is 12.0. The highest BCUT2D eigenvalue weighted by Gasteiger charge is 2.16. The van der Waals surface area contributed by atoms with Crippen molar-refractivity contribution in [3.05, 3.63) is 59.2 Å². The Labute approximate surface area is 233 Å². The van der Waals surface area contributed by atoms with Crippen LogP contribution in [0.3, 0.4) is 0 Å². The van der Waals surface area contributed by atoms with Crippen molar-refractivity contribution >= 4 is 21.5 Å². The number of hydrogen-bond acceptors (Lipinski definition) is 2. The summed E-state index contributed by atoms with van der Waals surface area (Å²) in [5, 5.41) is 16.6. The van der Waals surface area contributed by atoms with Gasteiger partial charge < -0.3 is 10.0 Å². The fourth-order valence-electron chi connectivity index (χ4n) is 5.84. The molecule has 0 saturated heterocycles. The Morgan fingerprint density at radius 1 is 0.632 bits per heavy atom. The molecule has 0 spiro atoms. The molecule has 0 aliphatic heterocycles. The molecule has 1 atom stereocenters. The van der Waals surface area contributed by atoms with E-state index in [1.807, 2.05) is 0 Å². The first-order chi connectivity index (χ1) is 18.4. The Morgan fingerprint density at radius 2 is 1.21 bits per heavy atom. The van der Waals surface area contributed by atoms with E-state index in [-0.39, 0.29) is 0 Å².